The summed E-state index contributed by atoms with van der Waals surface area (Å²) in [6.45, 7) is 4.25. The van der Waals surface area contributed by atoms with Gasteiger partial charge in [0.1, 0.15) is 24.5 Å². The zero-order chi connectivity index (χ0) is 17.8. The molecule has 128 valence electrons. The summed E-state index contributed by atoms with van der Waals surface area (Å²) in [6, 6.07) is 13.8. The highest BCUT2D eigenvalue weighted by Gasteiger charge is 2.13. The molecule has 0 unspecified atom stereocenters. The van der Waals surface area contributed by atoms with Crippen LogP contribution in [0.4, 0.5) is 0 Å². The quantitative estimate of drug-likeness (QED) is 0.525. The van der Waals surface area contributed by atoms with Crippen molar-refractivity contribution in [1.82, 2.24) is 0 Å². The molecule has 1 aromatic heterocycles. The van der Waals surface area contributed by atoms with Crippen molar-refractivity contribution in [2.75, 3.05) is 13.2 Å². The van der Waals surface area contributed by atoms with E-state index in [4.69, 9.17) is 13.9 Å². The number of rotatable bonds is 5. The first-order valence-electron chi connectivity index (χ1n) is 7.94. The summed E-state index contributed by atoms with van der Waals surface area (Å²) in [7, 11) is 0. The van der Waals surface area contributed by atoms with Gasteiger partial charge in [-0.2, -0.15) is 0 Å². The first-order chi connectivity index (χ1) is 12.0. The molecule has 0 atom stereocenters. The van der Waals surface area contributed by atoms with E-state index in [1.165, 1.54) is 0 Å². The van der Waals surface area contributed by atoms with Crippen molar-refractivity contribution < 1.29 is 18.7 Å². The third kappa shape index (κ3) is 4.07. The largest absolute Gasteiger partial charge is 0.490 e. The Morgan fingerprint density at radius 3 is 2.48 bits per heavy atom. The second-order valence-electron chi connectivity index (χ2n) is 5.78. The molecule has 0 aliphatic carbocycles. The van der Waals surface area contributed by atoms with Gasteiger partial charge in [-0.15, -0.1) is 0 Å². The maximum atomic E-state index is 12.0. The molecule has 2 aromatic carbocycles. The molecule has 0 bridgehead atoms. The molecule has 1 heterocycles. The van der Waals surface area contributed by atoms with Gasteiger partial charge in [-0.25, -0.2) is 4.79 Å². The predicted molar refractivity (Wildman–Crippen MR) is 94.2 cm³/mol. The summed E-state index contributed by atoms with van der Waals surface area (Å²) < 4.78 is 16.1. The van der Waals surface area contributed by atoms with Crippen molar-refractivity contribution in [1.29, 1.82) is 0 Å². The minimum absolute atomic E-state index is 0.0579. The maximum absolute atomic E-state index is 12.0. The molecule has 0 aliphatic heterocycles. The van der Waals surface area contributed by atoms with Crippen LogP contribution in [0, 0.1) is 13.8 Å². The van der Waals surface area contributed by atoms with Crippen LogP contribution in [0.3, 0.4) is 0 Å². The second-order valence-corrected chi connectivity index (χ2v) is 5.78. The van der Waals surface area contributed by atoms with Crippen molar-refractivity contribution in [2.45, 2.75) is 13.8 Å². The van der Waals surface area contributed by atoms with Crippen LogP contribution in [0.2, 0.25) is 0 Å². The number of hydrogen-bond donors (Lipinski definition) is 0. The molecule has 0 radical (unpaired) electrons. The Balaban J connectivity index is 1.60. The molecule has 0 N–H and O–H groups in total. The SMILES string of the molecule is Cc1cc(C)cc(OCCOC(=O)c2cc(=O)c3ccccc3o2)c1. The van der Waals surface area contributed by atoms with E-state index >= 15 is 0 Å². The van der Waals surface area contributed by atoms with Gasteiger partial charge >= 0.3 is 5.97 Å². The smallest absolute Gasteiger partial charge is 0.374 e. The van der Waals surface area contributed by atoms with E-state index < -0.39 is 5.97 Å². The van der Waals surface area contributed by atoms with Gasteiger partial charge in [0, 0.05) is 6.07 Å². The molecule has 0 saturated carbocycles. The monoisotopic (exact) mass is 338 g/mol. The summed E-state index contributed by atoms with van der Waals surface area (Å²) in [5.41, 5.74) is 2.28. The highest BCUT2D eigenvalue weighted by atomic mass is 16.6. The Morgan fingerprint density at radius 1 is 1.00 bits per heavy atom. The summed E-state index contributed by atoms with van der Waals surface area (Å²) in [5.74, 6) is -0.0761. The Labute approximate surface area is 144 Å². The van der Waals surface area contributed by atoms with Gasteiger partial charge in [-0.3, -0.25) is 4.79 Å². The van der Waals surface area contributed by atoms with E-state index in [1.807, 2.05) is 26.0 Å². The van der Waals surface area contributed by atoms with E-state index in [1.54, 1.807) is 24.3 Å². The van der Waals surface area contributed by atoms with Gasteiger partial charge in [-0.1, -0.05) is 18.2 Å². The van der Waals surface area contributed by atoms with Crippen molar-refractivity contribution in [2.24, 2.45) is 0 Å². The molecule has 3 rings (SSSR count). The maximum Gasteiger partial charge on any atom is 0.374 e. The summed E-state index contributed by atoms with van der Waals surface area (Å²) >= 11 is 0. The molecular formula is C20H18O5. The normalized spacial score (nSPS) is 10.6. The molecule has 5 nitrogen and oxygen atoms in total. The molecule has 0 saturated heterocycles. The lowest BCUT2D eigenvalue weighted by Crippen LogP contribution is -2.14. The lowest BCUT2D eigenvalue weighted by Gasteiger charge is -2.09. The van der Waals surface area contributed by atoms with Gasteiger partial charge in [0.15, 0.2) is 5.43 Å². The number of ether oxygens (including phenoxy) is 2. The topological polar surface area (TPSA) is 65.7 Å². The van der Waals surface area contributed by atoms with Crippen LogP contribution >= 0.6 is 0 Å². The zero-order valence-corrected chi connectivity index (χ0v) is 14.1. The first kappa shape index (κ1) is 16.8. The van der Waals surface area contributed by atoms with E-state index in [0.717, 1.165) is 22.9 Å². The fourth-order valence-corrected chi connectivity index (χ4v) is 2.59. The van der Waals surface area contributed by atoms with Crippen LogP contribution < -0.4 is 10.2 Å². The fourth-order valence-electron chi connectivity index (χ4n) is 2.59. The molecule has 0 amide bonds. The Morgan fingerprint density at radius 2 is 1.72 bits per heavy atom. The number of esters is 1. The first-order valence-corrected chi connectivity index (χ1v) is 7.94. The average Bonchev–Trinajstić information content (AvgIpc) is 2.57. The third-order valence-electron chi connectivity index (χ3n) is 3.62. The fraction of sp³-hybridized carbons (Fsp3) is 0.200. The molecule has 0 spiro atoms. The van der Waals surface area contributed by atoms with Gasteiger partial charge in [-0.05, 0) is 49.2 Å². The molecule has 5 heteroatoms. The van der Waals surface area contributed by atoms with Crippen molar-refractivity contribution >= 4 is 16.9 Å². The van der Waals surface area contributed by atoms with Gasteiger partial charge in [0.2, 0.25) is 5.76 Å². The third-order valence-corrected chi connectivity index (χ3v) is 3.62. The van der Waals surface area contributed by atoms with E-state index in [-0.39, 0.29) is 24.4 Å². The standard InChI is InChI=1S/C20H18O5/c1-13-9-14(2)11-15(10-13)23-7-8-24-20(22)19-12-17(21)16-5-3-4-6-18(16)25-19/h3-6,9-12H,7-8H2,1-2H3. The number of benzene rings is 2. The molecule has 3 aromatic rings. The molecule has 0 fully saturated rings. The van der Waals surface area contributed by atoms with Crippen molar-refractivity contribution in [3.05, 3.63) is 75.6 Å². The molecular weight excluding hydrogens is 320 g/mol. The Hall–Kier alpha value is -3.08. The number of fused-ring (bicyclic) bond motifs is 1. The van der Waals surface area contributed by atoms with E-state index in [9.17, 15) is 9.59 Å². The predicted octanol–water partition coefficient (Wildman–Crippen LogP) is 3.65. The highest BCUT2D eigenvalue weighted by Crippen LogP contribution is 2.16. The number of carbonyl (C=O) groups excluding carboxylic acids is 1. The van der Waals surface area contributed by atoms with E-state index in [2.05, 4.69) is 6.07 Å². The van der Waals surface area contributed by atoms with Crippen LogP contribution in [-0.4, -0.2) is 19.2 Å². The van der Waals surface area contributed by atoms with Crippen LogP contribution in [0.5, 0.6) is 5.75 Å². The van der Waals surface area contributed by atoms with Crippen LogP contribution in [-0.2, 0) is 4.74 Å². The van der Waals surface area contributed by atoms with Gasteiger partial charge in [0.05, 0.1) is 5.39 Å². The number of para-hydroxylation sites is 1. The summed E-state index contributed by atoms with van der Waals surface area (Å²) in [6.07, 6.45) is 0. The van der Waals surface area contributed by atoms with E-state index in [0.29, 0.717) is 11.0 Å². The second kappa shape index (κ2) is 7.21. The lowest BCUT2D eigenvalue weighted by atomic mass is 10.1. The molecule has 25 heavy (non-hydrogen) atoms. The van der Waals surface area contributed by atoms with Crippen LogP contribution in [0.1, 0.15) is 21.7 Å². The summed E-state index contributed by atoms with van der Waals surface area (Å²) in [5, 5.41) is 0.428. The van der Waals surface area contributed by atoms with Crippen molar-refractivity contribution in [3.8, 4) is 5.75 Å². The Bertz CT molecular complexity index is 951. The van der Waals surface area contributed by atoms with Crippen molar-refractivity contribution in [3.63, 3.8) is 0 Å². The average molecular weight is 338 g/mol. The van der Waals surface area contributed by atoms with Crippen LogP contribution in [0.25, 0.3) is 11.0 Å². The number of carbonyl (C=O) groups is 1. The molecule has 0 aliphatic rings. The number of hydrogen-bond acceptors (Lipinski definition) is 5. The number of aryl methyl sites for hydroxylation is 2. The summed E-state index contributed by atoms with van der Waals surface area (Å²) in [4.78, 5) is 24.0. The van der Waals surface area contributed by atoms with Gasteiger partial charge < -0.3 is 13.9 Å². The minimum atomic E-state index is -0.688. The highest BCUT2D eigenvalue weighted by molar-refractivity contribution is 5.88. The van der Waals surface area contributed by atoms with Gasteiger partial charge in [0.25, 0.3) is 0 Å². The Kier molecular flexibility index (Phi) is 4.84. The lowest BCUT2D eigenvalue weighted by molar-refractivity contribution is 0.0415. The van der Waals surface area contributed by atoms with Crippen LogP contribution in [0.15, 0.2) is 57.7 Å². The minimum Gasteiger partial charge on any atom is -0.490 e. The zero-order valence-electron chi connectivity index (χ0n) is 14.1.